The maximum Gasteiger partial charge on any atom is 0.187 e. The Morgan fingerprint density at radius 1 is 0.696 bits per heavy atom. The molecule has 2 aliphatic rings. The molecule has 0 radical (unpaired) electrons. The molecule has 2 rings (SSSR count). The molecule has 0 aromatic carbocycles. The van der Waals surface area contributed by atoms with Crippen LogP contribution < -0.4 is 0 Å². The van der Waals surface area contributed by atoms with E-state index < -0.39 is 61.4 Å². The Kier molecular flexibility index (Phi) is 6.96. The van der Waals surface area contributed by atoms with E-state index in [-0.39, 0.29) is 11.5 Å². The zero-order valence-corrected chi connectivity index (χ0v) is 13.8. The fraction of sp³-hybridized carbons (Fsp3) is 1.00. The van der Waals surface area contributed by atoms with Gasteiger partial charge in [-0.15, -0.1) is 0 Å². The van der Waals surface area contributed by atoms with Crippen LogP contribution in [0.1, 0.15) is 0 Å². The molecule has 9 nitrogen and oxygen atoms in total. The third-order valence-electron chi connectivity index (χ3n) is 3.98. The quantitative estimate of drug-likeness (QED) is 0.234. The predicted octanol–water partition coefficient (Wildman–Crippen LogP) is -3.52. The number of hydrogen-bond acceptors (Lipinski definition) is 11. The number of aliphatic hydroxyl groups excluding tert-OH is 6. The monoisotopic (exact) mass is 374 g/mol. The molecule has 0 spiro atoms. The molecule has 2 heterocycles. The first-order valence-corrected chi connectivity index (χ1v) is 8.34. The largest absolute Gasteiger partial charge is 0.388 e. The standard InChI is InChI=1S/C12H22O9S2/c13-5-3(1-22)20-12(9(17)6(5)14)21-10-4(2-23)19-11(18)8(16)7(10)15/h3-18,22-23H,1-2H2/t3?,4?,5-,6-,7+,8?,9?,10+,11+,12-/m0/s1. The van der Waals surface area contributed by atoms with E-state index >= 15 is 0 Å². The van der Waals surface area contributed by atoms with E-state index in [4.69, 9.17) is 14.2 Å². The molecule has 2 saturated heterocycles. The van der Waals surface area contributed by atoms with Crippen molar-refractivity contribution in [2.45, 2.75) is 61.4 Å². The first-order chi connectivity index (χ1) is 10.8. The van der Waals surface area contributed by atoms with Crippen LogP contribution in [0.5, 0.6) is 0 Å². The van der Waals surface area contributed by atoms with E-state index in [1.165, 1.54) is 0 Å². The summed E-state index contributed by atoms with van der Waals surface area (Å²) in [7, 11) is 0. The van der Waals surface area contributed by atoms with Gasteiger partial charge in [0.05, 0.1) is 12.2 Å². The van der Waals surface area contributed by atoms with Gasteiger partial charge in [0.1, 0.15) is 36.6 Å². The molecule has 136 valence electrons. The fourth-order valence-corrected chi connectivity index (χ4v) is 3.17. The van der Waals surface area contributed by atoms with Crippen LogP contribution in [0.25, 0.3) is 0 Å². The van der Waals surface area contributed by atoms with E-state index in [0.717, 1.165) is 0 Å². The number of thiol groups is 2. The van der Waals surface area contributed by atoms with Crippen molar-refractivity contribution >= 4 is 25.3 Å². The minimum atomic E-state index is -1.62. The van der Waals surface area contributed by atoms with Crippen molar-refractivity contribution in [2.75, 3.05) is 11.5 Å². The van der Waals surface area contributed by atoms with Gasteiger partial charge in [0.2, 0.25) is 0 Å². The van der Waals surface area contributed by atoms with Crippen LogP contribution in [0.3, 0.4) is 0 Å². The number of aliphatic hydroxyl groups is 6. The van der Waals surface area contributed by atoms with Gasteiger partial charge in [-0.3, -0.25) is 0 Å². The molecule has 2 fully saturated rings. The van der Waals surface area contributed by atoms with Crippen LogP contribution in [0.4, 0.5) is 0 Å². The van der Waals surface area contributed by atoms with E-state index in [9.17, 15) is 30.6 Å². The maximum absolute atomic E-state index is 10.1. The van der Waals surface area contributed by atoms with Crippen molar-refractivity contribution in [1.29, 1.82) is 0 Å². The third-order valence-corrected chi connectivity index (χ3v) is 4.70. The highest BCUT2D eigenvalue weighted by Gasteiger charge is 2.49. The topological polar surface area (TPSA) is 149 Å². The van der Waals surface area contributed by atoms with Crippen molar-refractivity contribution in [3.8, 4) is 0 Å². The van der Waals surface area contributed by atoms with Crippen molar-refractivity contribution in [2.24, 2.45) is 0 Å². The van der Waals surface area contributed by atoms with E-state index in [2.05, 4.69) is 25.3 Å². The minimum Gasteiger partial charge on any atom is -0.388 e. The lowest BCUT2D eigenvalue weighted by molar-refractivity contribution is -0.346. The minimum absolute atomic E-state index is 0.0511. The highest BCUT2D eigenvalue weighted by molar-refractivity contribution is 7.80. The Labute approximate surface area is 143 Å². The van der Waals surface area contributed by atoms with Gasteiger partial charge in [-0.2, -0.15) is 25.3 Å². The molecule has 23 heavy (non-hydrogen) atoms. The second-order valence-electron chi connectivity index (χ2n) is 5.53. The molecule has 4 unspecified atom stereocenters. The Bertz CT molecular complexity index is 386. The molecular formula is C12H22O9S2. The predicted molar refractivity (Wildman–Crippen MR) is 82.2 cm³/mol. The van der Waals surface area contributed by atoms with Crippen LogP contribution in [-0.2, 0) is 14.2 Å². The number of ether oxygens (including phenoxy) is 3. The molecule has 11 heteroatoms. The molecule has 2 aliphatic heterocycles. The molecule has 10 atom stereocenters. The lowest BCUT2D eigenvalue weighted by Crippen LogP contribution is -2.64. The second kappa shape index (κ2) is 8.15. The average molecular weight is 374 g/mol. The summed E-state index contributed by atoms with van der Waals surface area (Å²) in [6.45, 7) is 0. The zero-order valence-electron chi connectivity index (χ0n) is 12.0. The summed E-state index contributed by atoms with van der Waals surface area (Å²) in [6.07, 6.45) is -13.5. The smallest absolute Gasteiger partial charge is 0.187 e. The van der Waals surface area contributed by atoms with E-state index in [0.29, 0.717) is 0 Å². The van der Waals surface area contributed by atoms with E-state index in [1.54, 1.807) is 0 Å². The van der Waals surface area contributed by atoms with Crippen LogP contribution in [0.2, 0.25) is 0 Å². The first-order valence-electron chi connectivity index (χ1n) is 7.08. The summed E-state index contributed by atoms with van der Waals surface area (Å²) in [5.74, 6) is 0.112. The molecule has 0 amide bonds. The van der Waals surface area contributed by atoms with Crippen LogP contribution in [0, 0.1) is 0 Å². The Hall–Kier alpha value is 0.340. The van der Waals surface area contributed by atoms with Gasteiger partial charge in [0.25, 0.3) is 0 Å². The van der Waals surface area contributed by atoms with Crippen molar-refractivity contribution in [3.05, 3.63) is 0 Å². The second-order valence-corrected chi connectivity index (χ2v) is 6.26. The van der Waals surface area contributed by atoms with Gasteiger partial charge < -0.3 is 44.8 Å². The molecular weight excluding hydrogens is 352 g/mol. The lowest BCUT2D eigenvalue weighted by atomic mass is 9.97. The van der Waals surface area contributed by atoms with Crippen LogP contribution in [-0.4, -0.2) is 104 Å². The highest BCUT2D eigenvalue weighted by atomic mass is 32.1. The van der Waals surface area contributed by atoms with Gasteiger partial charge >= 0.3 is 0 Å². The molecule has 0 saturated carbocycles. The molecule has 0 bridgehead atoms. The van der Waals surface area contributed by atoms with Gasteiger partial charge in [-0.25, -0.2) is 0 Å². The summed E-state index contributed by atoms with van der Waals surface area (Å²) in [5, 5.41) is 58.8. The zero-order chi connectivity index (χ0) is 17.3. The van der Waals surface area contributed by atoms with Gasteiger partial charge in [0, 0.05) is 11.5 Å². The fourth-order valence-electron chi connectivity index (χ4n) is 2.57. The Morgan fingerprint density at radius 3 is 1.87 bits per heavy atom. The van der Waals surface area contributed by atoms with Crippen molar-refractivity contribution in [3.63, 3.8) is 0 Å². The summed E-state index contributed by atoms with van der Waals surface area (Å²) in [5.41, 5.74) is 0. The normalized spacial score (nSPS) is 51.7. The van der Waals surface area contributed by atoms with Gasteiger partial charge in [-0.05, 0) is 0 Å². The summed E-state index contributed by atoms with van der Waals surface area (Å²) < 4.78 is 15.9. The molecule has 0 aliphatic carbocycles. The van der Waals surface area contributed by atoms with Crippen molar-refractivity contribution in [1.82, 2.24) is 0 Å². The van der Waals surface area contributed by atoms with Crippen LogP contribution >= 0.6 is 25.3 Å². The van der Waals surface area contributed by atoms with Gasteiger partial charge in [-0.1, -0.05) is 0 Å². The summed E-state index contributed by atoms with van der Waals surface area (Å²) in [6, 6.07) is 0. The maximum atomic E-state index is 10.1. The summed E-state index contributed by atoms with van der Waals surface area (Å²) in [4.78, 5) is 0. The first kappa shape index (κ1) is 19.7. The molecule has 0 aromatic heterocycles. The summed E-state index contributed by atoms with van der Waals surface area (Å²) >= 11 is 8.02. The SMILES string of the molecule is OC1[C@H](O)OC(CS)[C@@H](O[C@@H]2OC(CS)[C@H](O)[C@H](O)C2O)[C@@H]1O. The average Bonchev–Trinajstić information content (AvgIpc) is 2.55. The highest BCUT2D eigenvalue weighted by Crippen LogP contribution is 2.29. The number of hydrogen-bond donors (Lipinski definition) is 8. The van der Waals surface area contributed by atoms with Crippen LogP contribution in [0.15, 0.2) is 0 Å². The Morgan fingerprint density at radius 2 is 1.30 bits per heavy atom. The third kappa shape index (κ3) is 3.96. The van der Waals surface area contributed by atoms with Gasteiger partial charge in [0.15, 0.2) is 12.6 Å². The van der Waals surface area contributed by atoms with Crippen molar-refractivity contribution < 1.29 is 44.8 Å². The lowest BCUT2D eigenvalue weighted by Gasteiger charge is -2.45. The molecule has 6 N–H and O–H groups in total. The van der Waals surface area contributed by atoms with E-state index in [1.807, 2.05) is 0 Å². The Balaban J connectivity index is 2.11. The number of rotatable bonds is 4. The molecule has 0 aromatic rings.